The van der Waals surface area contributed by atoms with E-state index in [1.54, 1.807) is 7.05 Å². The summed E-state index contributed by atoms with van der Waals surface area (Å²) in [5, 5.41) is 0. The second-order valence-electron chi connectivity index (χ2n) is 8.48. The van der Waals surface area contributed by atoms with Gasteiger partial charge in [0.05, 0.1) is 6.54 Å². The number of carbonyl (C=O) groups excluding carboxylic acids is 2. The van der Waals surface area contributed by atoms with Crippen molar-refractivity contribution in [3.8, 4) is 0 Å². The van der Waals surface area contributed by atoms with Crippen LogP contribution in [0.2, 0.25) is 0 Å². The lowest BCUT2D eigenvalue weighted by molar-refractivity contribution is -0.141. The van der Waals surface area contributed by atoms with E-state index in [2.05, 4.69) is 0 Å². The number of hydrogen-bond donors (Lipinski definition) is 1. The number of nitrogens with zero attached hydrogens (tertiary/aromatic N) is 2. The summed E-state index contributed by atoms with van der Waals surface area (Å²) in [4.78, 5) is 27.4. The third-order valence-electron chi connectivity index (χ3n) is 6.40. The molecular formula is C21H28F3N3O2. The molecule has 2 heterocycles. The van der Waals surface area contributed by atoms with Crippen molar-refractivity contribution in [1.82, 2.24) is 9.80 Å². The van der Waals surface area contributed by atoms with E-state index in [1.165, 1.54) is 11.8 Å². The summed E-state index contributed by atoms with van der Waals surface area (Å²) in [7, 11) is 1.60. The van der Waals surface area contributed by atoms with Crippen LogP contribution in [-0.4, -0.2) is 53.8 Å². The summed E-state index contributed by atoms with van der Waals surface area (Å²) >= 11 is 0. The third kappa shape index (κ3) is 4.91. The Hall–Kier alpha value is -2.09. The fourth-order valence-corrected chi connectivity index (χ4v) is 4.61. The van der Waals surface area contributed by atoms with Gasteiger partial charge in [-0.25, -0.2) is 13.2 Å². The number of nitrogens with two attached hydrogens (primary N) is 1. The van der Waals surface area contributed by atoms with Gasteiger partial charge in [0.25, 0.3) is 0 Å². The lowest BCUT2D eigenvalue weighted by atomic mass is 9.85. The first-order chi connectivity index (χ1) is 13.7. The van der Waals surface area contributed by atoms with Gasteiger partial charge in [0, 0.05) is 38.7 Å². The molecule has 4 rings (SSSR count). The number of hydrogen-bond acceptors (Lipinski definition) is 3. The van der Waals surface area contributed by atoms with Crippen LogP contribution < -0.4 is 5.73 Å². The molecule has 3 aliphatic rings. The minimum absolute atomic E-state index is 0.0347. The highest BCUT2D eigenvalue weighted by Crippen LogP contribution is 2.38. The zero-order chi connectivity index (χ0) is 21.3. The molecule has 1 saturated carbocycles. The predicted molar refractivity (Wildman–Crippen MR) is 102 cm³/mol. The van der Waals surface area contributed by atoms with E-state index in [1.807, 2.05) is 4.90 Å². The summed E-state index contributed by atoms with van der Waals surface area (Å²) in [5.74, 6) is -2.96. The van der Waals surface area contributed by atoms with Crippen LogP contribution >= 0.6 is 0 Å². The maximum absolute atomic E-state index is 14.0. The monoisotopic (exact) mass is 411 g/mol. The van der Waals surface area contributed by atoms with Crippen molar-refractivity contribution >= 4 is 11.8 Å². The van der Waals surface area contributed by atoms with Gasteiger partial charge < -0.3 is 15.5 Å². The summed E-state index contributed by atoms with van der Waals surface area (Å²) in [6, 6.07) is 1.06. The molecule has 8 heteroatoms. The van der Waals surface area contributed by atoms with Crippen molar-refractivity contribution in [2.24, 2.45) is 17.6 Å². The molecule has 1 aromatic carbocycles. The number of likely N-dealkylation sites (N-methyl/N-ethyl adjacent to an activating group) is 1. The van der Waals surface area contributed by atoms with Gasteiger partial charge in [-0.3, -0.25) is 9.59 Å². The Bertz CT molecular complexity index is 789. The van der Waals surface area contributed by atoms with Gasteiger partial charge in [-0.2, -0.15) is 0 Å². The van der Waals surface area contributed by atoms with Crippen LogP contribution in [-0.2, 0) is 16.0 Å². The van der Waals surface area contributed by atoms with Crippen molar-refractivity contribution < 1.29 is 22.8 Å². The number of fused-ring (bicyclic) bond motifs is 4. The molecule has 5 nitrogen and oxygen atoms in total. The molecule has 160 valence electrons. The van der Waals surface area contributed by atoms with Crippen LogP contribution in [0.3, 0.4) is 0 Å². The fourth-order valence-electron chi connectivity index (χ4n) is 4.61. The fraction of sp³-hybridized carbons (Fsp3) is 0.619. The zero-order valence-corrected chi connectivity index (χ0v) is 16.8. The van der Waals surface area contributed by atoms with Crippen LogP contribution in [0.15, 0.2) is 12.1 Å². The molecule has 0 radical (unpaired) electrons. The van der Waals surface area contributed by atoms with Crippen molar-refractivity contribution in [3.63, 3.8) is 0 Å². The SMILES string of the molecule is CC(=O)N(C)CC(=O)N1CC2CCC1CC([C@H](N)Cc1cc(F)c(F)cc1F)C2. The van der Waals surface area contributed by atoms with Crippen molar-refractivity contribution in [2.45, 2.75) is 51.1 Å². The van der Waals surface area contributed by atoms with Gasteiger partial charge in [0.15, 0.2) is 11.6 Å². The lowest BCUT2D eigenvalue weighted by Gasteiger charge is -2.37. The Morgan fingerprint density at radius 1 is 1.17 bits per heavy atom. The van der Waals surface area contributed by atoms with Gasteiger partial charge in [0.1, 0.15) is 5.82 Å². The van der Waals surface area contributed by atoms with E-state index >= 15 is 0 Å². The molecule has 0 spiro atoms. The number of halogens is 3. The number of piperidine rings is 1. The molecular weight excluding hydrogens is 383 g/mol. The largest absolute Gasteiger partial charge is 0.338 e. The molecule has 2 aliphatic heterocycles. The summed E-state index contributed by atoms with van der Waals surface area (Å²) in [5.41, 5.74) is 6.44. The minimum Gasteiger partial charge on any atom is -0.338 e. The number of benzene rings is 1. The second-order valence-corrected chi connectivity index (χ2v) is 8.48. The van der Waals surface area contributed by atoms with Crippen LogP contribution in [0.1, 0.15) is 38.2 Å². The Labute approximate surface area is 169 Å². The normalized spacial score (nSPS) is 24.9. The summed E-state index contributed by atoms with van der Waals surface area (Å²) < 4.78 is 40.7. The molecule has 2 N–H and O–H groups in total. The van der Waals surface area contributed by atoms with E-state index in [0.717, 1.165) is 25.3 Å². The average Bonchev–Trinajstić information content (AvgIpc) is 2.98. The first-order valence-corrected chi connectivity index (χ1v) is 10.1. The molecule has 4 atom stereocenters. The Kier molecular flexibility index (Phi) is 6.51. The van der Waals surface area contributed by atoms with Gasteiger partial charge in [-0.15, -0.1) is 0 Å². The Morgan fingerprint density at radius 3 is 2.55 bits per heavy atom. The van der Waals surface area contributed by atoms with E-state index in [0.29, 0.717) is 24.9 Å². The van der Waals surface area contributed by atoms with Gasteiger partial charge in [-0.1, -0.05) is 0 Å². The zero-order valence-electron chi connectivity index (χ0n) is 16.8. The average molecular weight is 411 g/mol. The Balaban J connectivity index is 1.68. The molecule has 2 bridgehead atoms. The third-order valence-corrected chi connectivity index (χ3v) is 6.40. The van der Waals surface area contributed by atoms with Crippen molar-refractivity contribution in [3.05, 3.63) is 35.1 Å². The second kappa shape index (κ2) is 8.73. The summed E-state index contributed by atoms with van der Waals surface area (Å²) in [6.07, 6.45) is 3.50. The lowest BCUT2D eigenvalue weighted by Crippen LogP contribution is -2.49. The molecule has 1 aromatic rings. The van der Waals surface area contributed by atoms with E-state index in [9.17, 15) is 22.8 Å². The molecule has 2 amide bonds. The number of amides is 2. The number of carbonyl (C=O) groups is 2. The highest BCUT2D eigenvalue weighted by molar-refractivity contribution is 5.84. The number of rotatable bonds is 5. The minimum atomic E-state index is -1.21. The molecule has 29 heavy (non-hydrogen) atoms. The highest BCUT2D eigenvalue weighted by Gasteiger charge is 2.39. The van der Waals surface area contributed by atoms with E-state index < -0.39 is 23.5 Å². The predicted octanol–water partition coefficient (Wildman–Crippen LogP) is 2.47. The Morgan fingerprint density at radius 2 is 1.86 bits per heavy atom. The summed E-state index contributed by atoms with van der Waals surface area (Å²) in [6.45, 7) is 2.11. The van der Waals surface area contributed by atoms with E-state index in [-0.39, 0.29) is 42.3 Å². The maximum Gasteiger partial charge on any atom is 0.242 e. The molecule has 2 saturated heterocycles. The quantitative estimate of drug-likeness (QED) is 0.757. The van der Waals surface area contributed by atoms with Gasteiger partial charge in [0.2, 0.25) is 11.8 Å². The van der Waals surface area contributed by atoms with Gasteiger partial charge in [-0.05, 0) is 55.6 Å². The van der Waals surface area contributed by atoms with Crippen LogP contribution in [0.25, 0.3) is 0 Å². The van der Waals surface area contributed by atoms with Crippen LogP contribution in [0, 0.1) is 29.3 Å². The molecule has 0 aromatic heterocycles. The van der Waals surface area contributed by atoms with Crippen molar-refractivity contribution in [2.75, 3.05) is 20.1 Å². The maximum atomic E-state index is 14.0. The van der Waals surface area contributed by atoms with Crippen molar-refractivity contribution in [1.29, 1.82) is 0 Å². The molecule has 3 fully saturated rings. The van der Waals surface area contributed by atoms with Gasteiger partial charge >= 0.3 is 0 Å². The highest BCUT2D eigenvalue weighted by atomic mass is 19.2. The van der Waals surface area contributed by atoms with E-state index in [4.69, 9.17) is 5.73 Å². The molecule has 1 aliphatic carbocycles. The topological polar surface area (TPSA) is 66.6 Å². The smallest absolute Gasteiger partial charge is 0.242 e. The molecule has 3 unspecified atom stereocenters. The first kappa shape index (κ1) is 21.6. The van der Waals surface area contributed by atoms with Crippen LogP contribution in [0.4, 0.5) is 13.2 Å². The standard InChI is InChI=1S/C21H28F3N3O2/c1-12(28)26(2)11-21(29)27-10-13-3-4-16(27)6-15(5-13)20(25)8-14-7-18(23)19(24)9-17(14)22/h7,9,13,15-16,20H,3-6,8,10-11,25H2,1-2H3/t13?,15?,16?,20-/m1/s1. The van der Waals surface area contributed by atoms with Crippen LogP contribution in [0.5, 0.6) is 0 Å². The first-order valence-electron chi connectivity index (χ1n) is 10.1.